The van der Waals surface area contributed by atoms with Crippen molar-refractivity contribution >= 4 is 69.6 Å². The van der Waals surface area contributed by atoms with Gasteiger partial charge in [-0.05, 0) is 124 Å². The zero-order chi connectivity index (χ0) is 105. The lowest BCUT2D eigenvalue weighted by molar-refractivity contribution is -0.255. The lowest BCUT2D eigenvalue weighted by Crippen LogP contribution is -2.43. The zero-order valence-electron chi connectivity index (χ0n) is 92.4. The molecule has 822 valence electrons. The van der Waals surface area contributed by atoms with E-state index in [0.29, 0.717) is 86.3 Å². The van der Waals surface area contributed by atoms with Crippen molar-refractivity contribution in [3.63, 3.8) is 0 Å². The van der Waals surface area contributed by atoms with Gasteiger partial charge in [0, 0.05) is 177 Å². The first kappa shape index (κ1) is 119. The number of hydrogen-bond donors (Lipinski definition) is 5. The molecule has 4 saturated heterocycles. The molecule has 4 unspecified atom stereocenters. The minimum absolute atomic E-state index is 0.122. The van der Waals surface area contributed by atoms with Crippen LogP contribution in [-0.4, -0.2) is 145 Å². The number of amides is 4. The average Bonchev–Trinajstić information content (AvgIpc) is 0.744. The molecule has 0 spiro atoms. The lowest BCUT2D eigenvalue weighted by Gasteiger charge is -2.37. The number of ether oxygens (including phenoxy) is 4. The highest BCUT2D eigenvalue weighted by atomic mass is 16.6. The largest absolute Gasteiger partial charge is 0.545 e. The maximum absolute atomic E-state index is 12.8. The molecule has 0 saturated carbocycles. The molecule has 6 heterocycles. The summed E-state index contributed by atoms with van der Waals surface area (Å²) in [6.07, 6.45) is 77.7. The second-order valence-corrected chi connectivity index (χ2v) is 43.4. The molecule has 6 aliphatic heterocycles. The number of unbranched alkanes of at least 4 members (excludes halogenated alkanes) is 45. The van der Waals surface area contributed by atoms with Gasteiger partial charge in [-0.25, -0.2) is 33.1 Å². The monoisotopic (exact) mass is 2050 g/mol. The second-order valence-electron chi connectivity index (χ2n) is 43.4. The van der Waals surface area contributed by atoms with Crippen LogP contribution in [0.2, 0.25) is 0 Å². The van der Waals surface area contributed by atoms with Gasteiger partial charge in [-0.3, -0.25) is 0 Å². The van der Waals surface area contributed by atoms with Gasteiger partial charge < -0.3 is 73.9 Å². The zero-order valence-corrected chi connectivity index (χ0v) is 92.4. The van der Waals surface area contributed by atoms with E-state index in [1.54, 1.807) is 31.3 Å². The second kappa shape index (κ2) is 70.9. The third-order valence-corrected chi connectivity index (χ3v) is 31.9. The van der Waals surface area contributed by atoms with Crippen LogP contribution in [0, 0.1) is 0 Å². The third kappa shape index (κ3) is 41.8. The standard InChI is InChI=1S/C72H112N4O7.C55H78N4O7/c1-3-5-7-9-11-13-15-17-19-21-23-25-27-29-31-37-51-73-71(79)81-55-49-59-41-35-39-53-75(59)61-45-47-65-67(57-61)83-68-58-62(46-48-66(68)69(65)63-43-33-34-44-64(63)70(77)78)76-54-40-36-42-60(76)50-56-82-72(80)74-52-38-32-30-28-26-24-22-20-18-16-14-12-10-8-6-4-2;1-3-4-5-6-7-8-9-10-11-12-13-14-15-16-17-22-35-57-55(63)65-39-34-43-26-21-24-37-59(43)45-30-32-49-51(41-45)66-50-40-44(58-36-23-20-25-42(58)33-38-64-54(62)56-2)29-31-48(50)52(49)46-27-18-19-28-47(46)53(60)61/h33-34,43-48,57-60H,3-32,35-42,49-56H2,1-2H3,(H2-,73,74,77,78,79,80);18-19,27-32,40-43H,3-17,20-26,33-39H2,1-2H3,(H2-,56,57,60,61,62,63)/p+1. The van der Waals surface area contributed by atoms with Crippen LogP contribution in [0.15, 0.2) is 130 Å². The summed E-state index contributed by atoms with van der Waals surface area (Å²) in [7, 11) is 1.56. The fourth-order valence-corrected chi connectivity index (χ4v) is 23.3. The smallest absolute Gasteiger partial charge is 0.407 e. The number of piperidine rings is 4. The molecule has 22 nitrogen and oxygen atoms in total. The van der Waals surface area contributed by atoms with Crippen molar-refractivity contribution < 1.29 is 66.8 Å². The van der Waals surface area contributed by atoms with Crippen molar-refractivity contribution in [2.24, 2.45) is 0 Å². The van der Waals surface area contributed by atoms with E-state index in [-0.39, 0.29) is 53.6 Å². The number of aromatic carboxylic acids is 2. The summed E-state index contributed by atoms with van der Waals surface area (Å²) >= 11 is 0. The van der Waals surface area contributed by atoms with Crippen molar-refractivity contribution in [3.8, 4) is 44.9 Å². The van der Waals surface area contributed by atoms with Crippen LogP contribution in [0.3, 0.4) is 0 Å². The van der Waals surface area contributed by atoms with Gasteiger partial charge in [-0.15, -0.1) is 0 Å². The molecule has 0 bridgehead atoms. The summed E-state index contributed by atoms with van der Waals surface area (Å²) in [5, 5.41) is 38.1. The molecule has 8 aliphatic rings. The van der Waals surface area contributed by atoms with Crippen molar-refractivity contribution in [1.82, 2.24) is 30.4 Å². The number of nitrogens with one attached hydrogen (secondary N) is 4. The SMILES string of the molecule is CCCCCCCCCCCCCCCCCCNC(=O)OCCC1CCCCN1c1ccc2c(-c3ccccc3C(=O)O)c3ccc(=[N+]4CCCCC4CCOC(=O)NCCCCCCCCCCCCCCCCCC)cc-3oc2c1.CCCCCCCCCCCCCCCCCCNC(=O)OCCC1CCCCN1c1ccc2c(-c3ccccc3C(=O)[O-])c3ccc(=[N+]4CCCCC4CCOC(=O)NC)cc-3oc2c1. The normalized spacial score (nSPS) is 16.6. The summed E-state index contributed by atoms with van der Waals surface area (Å²) in [5.74, 6) is -0.871. The van der Waals surface area contributed by atoms with E-state index in [4.69, 9.17) is 27.8 Å². The molecule has 5 N–H and O–H groups in total. The van der Waals surface area contributed by atoms with Crippen molar-refractivity contribution in [2.45, 2.75) is 456 Å². The number of carbonyl (C=O) groups is 6. The number of carboxylic acid groups (broad SMARTS) is 2. The van der Waals surface area contributed by atoms with Crippen LogP contribution in [0.4, 0.5) is 30.6 Å². The first-order valence-corrected chi connectivity index (χ1v) is 60.2. The molecule has 2 aliphatic carbocycles. The van der Waals surface area contributed by atoms with E-state index in [2.05, 4.69) is 122 Å². The van der Waals surface area contributed by atoms with Crippen molar-refractivity contribution in [1.29, 1.82) is 0 Å². The minimum atomic E-state index is -1.23. The Labute approximate surface area is 894 Å². The first-order valence-electron chi connectivity index (χ1n) is 60.2. The number of anilines is 2. The number of fused-ring (bicyclic) bond motifs is 4. The third-order valence-electron chi connectivity index (χ3n) is 31.9. The van der Waals surface area contributed by atoms with Gasteiger partial charge in [0.25, 0.3) is 0 Å². The highest BCUT2D eigenvalue weighted by molar-refractivity contribution is 6.09. The van der Waals surface area contributed by atoms with Crippen LogP contribution in [0.5, 0.6) is 0 Å². The van der Waals surface area contributed by atoms with Crippen LogP contribution in [-0.2, 0) is 18.9 Å². The molecule has 4 aromatic carbocycles. The molecule has 12 rings (SSSR count). The van der Waals surface area contributed by atoms with Gasteiger partial charge in [-0.2, -0.15) is 0 Å². The number of rotatable bonds is 69. The van der Waals surface area contributed by atoms with Crippen molar-refractivity contribution in [3.05, 3.63) is 143 Å². The Morgan fingerprint density at radius 1 is 0.342 bits per heavy atom. The summed E-state index contributed by atoms with van der Waals surface area (Å²) in [6.45, 7) is 13.7. The van der Waals surface area contributed by atoms with Gasteiger partial charge in [0.05, 0.1) is 50.1 Å². The van der Waals surface area contributed by atoms with Gasteiger partial charge in [0.15, 0.2) is 12.1 Å². The van der Waals surface area contributed by atoms with E-state index >= 15 is 0 Å². The minimum Gasteiger partial charge on any atom is -0.545 e. The predicted molar refractivity (Wildman–Crippen MR) is 609 cm³/mol. The van der Waals surface area contributed by atoms with E-state index in [0.717, 1.165) is 216 Å². The molecular formula is C127H191N8O14+. The van der Waals surface area contributed by atoms with Crippen LogP contribution < -0.4 is 56.0 Å². The topological polar surface area (TPSA) is 270 Å². The summed E-state index contributed by atoms with van der Waals surface area (Å²) in [6, 6.07) is 40.1. The van der Waals surface area contributed by atoms with Gasteiger partial charge in [0.1, 0.15) is 35.8 Å². The summed E-state index contributed by atoms with van der Waals surface area (Å²) in [4.78, 5) is 80.1. The van der Waals surface area contributed by atoms with E-state index in [1.165, 1.54) is 270 Å². The number of hydrogen-bond acceptors (Lipinski definition) is 15. The molecule has 4 fully saturated rings. The van der Waals surface area contributed by atoms with Gasteiger partial charge in [0.2, 0.25) is 10.7 Å². The Balaban J connectivity index is 0.000000290. The molecule has 0 radical (unpaired) electrons. The van der Waals surface area contributed by atoms with Gasteiger partial charge in [-0.1, -0.05) is 352 Å². The van der Waals surface area contributed by atoms with Crippen LogP contribution in [0.25, 0.3) is 66.8 Å². The Hall–Kier alpha value is -10.1. The average molecular weight is 2050 g/mol. The predicted octanol–water partition coefficient (Wildman–Crippen LogP) is 30.7. The fraction of sp³-hybridized carbons (Fsp3) is 0.654. The summed E-state index contributed by atoms with van der Waals surface area (Å²) in [5.41, 5.74) is 8.26. The Bertz CT molecular complexity index is 5280. The lowest BCUT2D eigenvalue weighted by atomic mass is 9.90. The number of carboxylic acids is 2. The quantitative estimate of drug-likeness (QED) is 0.0103. The molecule has 22 heteroatoms. The Kier molecular flexibility index (Phi) is 56.7. The van der Waals surface area contributed by atoms with E-state index in [9.17, 15) is 39.0 Å². The van der Waals surface area contributed by atoms with E-state index < -0.39 is 18.0 Å². The highest BCUT2D eigenvalue weighted by Crippen LogP contribution is 2.46. The number of nitrogens with zero attached hydrogens (tertiary/aromatic N) is 4. The molecular weight excluding hydrogens is 1860 g/mol. The summed E-state index contributed by atoms with van der Waals surface area (Å²) < 4.78 is 41.1. The molecule has 149 heavy (non-hydrogen) atoms. The number of benzene rings is 6. The molecule has 0 aromatic heterocycles. The molecule has 4 aromatic rings. The fourth-order valence-electron chi connectivity index (χ4n) is 23.3. The van der Waals surface area contributed by atoms with Crippen LogP contribution in [0.1, 0.15) is 452 Å². The molecule has 4 amide bonds. The Morgan fingerprint density at radius 3 is 0.987 bits per heavy atom. The van der Waals surface area contributed by atoms with Crippen molar-refractivity contribution in [2.75, 3.05) is 89.1 Å². The van der Waals surface area contributed by atoms with Gasteiger partial charge >= 0.3 is 30.3 Å². The molecule has 4 atom stereocenters. The maximum Gasteiger partial charge on any atom is 0.407 e. The highest BCUT2D eigenvalue weighted by Gasteiger charge is 2.33. The number of alkyl carbamates (subject to hydrolysis) is 4. The Morgan fingerprint density at radius 2 is 0.651 bits per heavy atom. The number of carbonyl (C=O) groups excluding carboxylic acids is 5. The van der Waals surface area contributed by atoms with Crippen LogP contribution >= 0.6 is 0 Å². The maximum atomic E-state index is 12.8. The van der Waals surface area contributed by atoms with E-state index in [1.807, 2.05) is 36.4 Å². The first-order chi connectivity index (χ1) is 73.2.